The first-order valence-corrected chi connectivity index (χ1v) is 6.59. The average molecular weight is 369 g/mol. The third kappa shape index (κ3) is 6.07. The molecule has 0 saturated heterocycles. The molecule has 0 aliphatic rings. The van der Waals surface area contributed by atoms with E-state index >= 15 is 0 Å². The summed E-state index contributed by atoms with van der Waals surface area (Å²) < 4.78 is 46.9. The van der Waals surface area contributed by atoms with E-state index in [1.54, 1.807) is 6.92 Å². The van der Waals surface area contributed by atoms with Gasteiger partial charge in [-0.25, -0.2) is 4.79 Å². The lowest BCUT2D eigenvalue weighted by Gasteiger charge is -2.15. The number of carbonyl (C=O) groups is 1. The number of carboxylic acids is 1. The van der Waals surface area contributed by atoms with Gasteiger partial charge >= 0.3 is 12.1 Å². The van der Waals surface area contributed by atoms with Crippen LogP contribution < -0.4 is 9.47 Å². The zero-order valence-corrected chi connectivity index (χ0v) is 12.5. The quantitative estimate of drug-likeness (QED) is 0.774. The average Bonchev–Trinajstić information content (AvgIpc) is 2.34. The highest BCUT2D eigenvalue weighted by atomic mass is 79.9. The van der Waals surface area contributed by atoms with E-state index in [4.69, 9.17) is 14.6 Å². The number of ether oxygens (including phenoxy) is 2. The molecule has 4 nitrogen and oxygen atoms in total. The fourth-order valence-corrected chi connectivity index (χ4v) is 1.98. The van der Waals surface area contributed by atoms with Gasteiger partial charge in [0.2, 0.25) is 0 Å². The molecule has 1 aromatic rings. The van der Waals surface area contributed by atoms with Crippen LogP contribution in [0.3, 0.4) is 0 Å². The van der Waals surface area contributed by atoms with Gasteiger partial charge in [-0.05, 0) is 46.6 Å². The molecule has 0 heterocycles. The first-order valence-electron chi connectivity index (χ1n) is 5.80. The van der Waals surface area contributed by atoms with Gasteiger partial charge in [0.25, 0.3) is 0 Å². The molecule has 8 heteroatoms. The zero-order valence-electron chi connectivity index (χ0n) is 10.9. The largest absolute Gasteiger partial charge is 0.490 e. The SMILES string of the molecule is CCOc1cc(/C=C/C(=O)O)cc(Br)c1OCC(F)(F)F. The van der Waals surface area contributed by atoms with Gasteiger partial charge in [0.15, 0.2) is 18.1 Å². The molecular formula is C13H12BrF3O4. The van der Waals surface area contributed by atoms with Gasteiger partial charge in [-0.1, -0.05) is 0 Å². The lowest BCUT2D eigenvalue weighted by atomic mass is 10.2. The number of carboxylic acid groups (broad SMARTS) is 1. The van der Waals surface area contributed by atoms with Crippen molar-refractivity contribution in [2.45, 2.75) is 13.1 Å². The molecule has 0 saturated carbocycles. The molecule has 0 aromatic heterocycles. The first-order chi connectivity index (χ1) is 9.73. The minimum absolute atomic E-state index is 0.0818. The maximum atomic E-state index is 12.2. The third-order valence-electron chi connectivity index (χ3n) is 2.13. The summed E-state index contributed by atoms with van der Waals surface area (Å²) in [5.74, 6) is -1.12. The van der Waals surface area contributed by atoms with Crippen LogP contribution in [0.1, 0.15) is 12.5 Å². The second-order valence-corrected chi connectivity index (χ2v) is 4.69. The van der Waals surface area contributed by atoms with Crippen molar-refractivity contribution in [3.63, 3.8) is 0 Å². The number of alkyl halides is 3. The van der Waals surface area contributed by atoms with Crippen molar-refractivity contribution in [1.29, 1.82) is 0 Å². The number of hydrogen-bond acceptors (Lipinski definition) is 3. The summed E-state index contributed by atoms with van der Waals surface area (Å²) in [4.78, 5) is 10.5. The summed E-state index contributed by atoms with van der Waals surface area (Å²) in [5, 5.41) is 8.57. The van der Waals surface area contributed by atoms with E-state index in [0.717, 1.165) is 6.08 Å². The van der Waals surface area contributed by atoms with Crippen LogP contribution in [0, 0.1) is 0 Å². The Kier molecular flexibility index (Phi) is 6.07. The Labute approximate surface area is 127 Å². The monoisotopic (exact) mass is 368 g/mol. The molecule has 0 aliphatic carbocycles. The van der Waals surface area contributed by atoms with E-state index < -0.39 is 18.8 Å². The second-order valence-electron chi connectivity index (χ2n) is 3.84. The molecule has 0 bridgehead atoms. The fourth-order valence-electron chi connectivity index (χ4n) is 1.41. The van der Waals surface area contributed by atoms with E-state index in [0.29, 0.717) is 5.56 Å². The molecule has 0 spiro atoms. The number of benzene rings is 1. The molecule has 0 radical (unpaired) electrons. The highest BCUT2D eigenvalue weighted by molar-refractivity contribution is 9.10. The molecule has 116 valence electrons. The van der Waals surface area contributed by atoms with E-state index in [9.17, 15) is 18.0 Å². The van der Waals surface area contributed by atoms with Crippen molar-refractivity contribution in [3.05, 3.63) is 28.2 Å². The Morgan fingerprint density at radius 3 is 2.57 bits per heavy atom. The zero-order chi connectivity index (χ0) is 16.0. The van der Waals surface area contributed by atoms with Crippen LogP contribution in [0.5, 0.6) is 11.5 Å². The Balaban J connectivity index is 3.09. The Morgan fingerprint density at radius 2 is 2.05 bits per heavy atom. The fraction of sp³-hybridized carbons (Fsp3) is 0.308. The second kappa shape index (κ2) is 7.35. The lowest BCUT2D eigenvalue weighted by Crippen LogP contribution is -2.19. The summed E-state index contributed by atoms with van der Waals surface area (Å²) in [6.45, 7) is 0.443. The third-order valence-corrected chi connectivity index (χ3v) is 2.72. The Hall–Kier alpha value is -1.70. The van der Waals surface area contributed by atoms with Gasteiger partial charge in [-0.3, -0.25) is 0 Å². The summed E-state index contributed by atoms with van der Waals surface area (Å²) in [6.07, 6.45) is -2.26. The van der Waals surface area contributed by atoms with Crippen molar-refractivity contribution < 1.29 is 32.5 Å². The van der Waals surface area contributed by atoms with Gasteiger partial charge in [-0.2, -0.15) is 13.2 Å². The van der Waals surface area contributed by atoms with Crippen molar-refractivity contribution in [1.82, 2.24) is 0 Å². The minimum atomic E-state index is -4.47. The van der Waals surface area contributed by atoms with Crippen LogP contribution in [0.4, 0.5) is 13.2 Å². The molecule has 0 aliphatic heterocycles. The summed E-state index contributed by atoms with van der Waals surface area (Å²) >= 11 is 3.09. The van der Waals surface area contributed by atoms with Crippen LogP contribution in [-0.4, -0.2) is 30.5 Å². The summed E-state index contributed by atoms with van der Waals surface area (Å²) in [6, 6.07) is 2.84. The van der Waals surface area contributed by atoms with Gasteiger partial charge in [0, 0.05) is 6.08 Å². The maximum Gasteiger partial charge on any atom is 0.422 e. The molecule has 0 amide bonds. The van der Waals surface area contributed by atoms with Crippen molar-refractivity contribution in [2.75, 3.05) is 13.2 Å². The van der Waals surface area contributed by atoms with Crippen LogP contribution in [-0.2, 0) is 4.79 Å². The van der Waals surface area contributed by atoms with E-state index in [-0.39, 0.29) is 22.6 Å². The molecule has 0 atom stereocenters. The van der Waals surface area contributed by atoms with Crippen molar-refractivity contribution >= 4 is 28.0 Å². The van der Waals surface area contributed by atoms with E-state index in [1.165, 1.54) is 18.2 Å². The molecule has 0 unspecified atom stereocenters. The standard InChI is InChI=1S/C13H12BrF3O4/c1-2-20-10-6-8(3-4-11(18)19)5-9(14)12(10)21-7-13(15,16)17/h3-6H,2,7H2,1H3,(H,18,19)/b4-3+. The van der Waals surface area contributed by atoms with Gasteiger partial charge in [-0.15, -0.1) is 0 Å². The van der Waals surface area contributed by atoms with Crippen LogP contribution in [0.25, 0.3) is 6.08 Å². The number of halogens is 4. The van der Waals surface area contributed by atoms with Gasteiger partial charge in [0.1, 0.15) is 0 Å². The number of hydrogen-bond donors (Lipinski definition) is 1. The predicted octanol–water partition coefficient (Wildman–Crippen LogP) is 3.89. The number of aliphatic carboxylic acids is 1. The van der Waals surface area contributed by atoms with Crippen LogP contribution in [0.2, 0.25) is 0 Å². The molecular weight excluding hydrogens is 357 g/mol. The summed E-state index contributed by atoms with van der Waals surface area (Å²) in [7, 11) is 0. The molecule has 21 heavy (non-hydrogen) atoms. The maximum absolute atomic E-state index is 12.2. The summed E-state index contributed by atoms with van der Waals surface area (Å²) in [5.41, 5.74) is 0.451. The van der Waals surface area contributed by atoms with Crippen molar-refractivity contribution in [2.24, 2.45) is 0 Å². The van der Waals surface area contributed by atoms with E-state index in [2.05, 4.69) is 15.9 Å². The molecule has 1 rings (SSSR count). The highest BCUT2D eigenvalue weighted by Crippen LogP contribution is 2.38. The highest BCUT2D eigenvalue weighted by Gasteiger charge is 2.29. The smallest absolute Gasteiger partial charge is 0.422 e. The van der Waals surface area contributed by atoms with Gasteiger partial charge < -0.3 is 14.6 Å². The Morgan fingerprint density at radius 1 is 1.38 bits per heavy atom. The Bertz CT molecular complexity index is 541. The predicted molar refractivity (Wildman–Crippen MR) is 73.5 cm³/mol. The molecule has 1 aromatic carbocycles. The number of rotatable bonds is 6. The first kappa shape index (κ1) is 17.4. The molecule has 1 N–H and O–H groups in total. The van der Waals surface area contributed by atoms with Crippen LogP contribution in [0.15, 0.2) is 22.7 Å². The molecule has 0 fully saturated rings. The normalized spacial score (nSPS) is 11.7. The lowest BCUT2D eigenvalue weighted by molar-refractivity contribution is -0.153. The minimum Gasteiger partial charge on any atom is -0.490 e. The van der Waals surface area contributed by atoms with Gasteiger partial charge in [0.05, 0.1) is 11.1 Å². The topological polar surface area (TPSA) is 55.8 Å². The van der Waals surface area contributed by atoms with E-state index in [1.807, 2.05) is 0 Å². The van der Waals surface area contributed by atoms with Crippen LogP contribution >= 0.6 is 15.9 Å². The van der Waals surface area contributed by atoms with Crippen molar-refractivity contribution in [3.8, 4) is 11.5 Å².